The molecule has 17 heavy (non-hydrogen) atoms. The Hall–Kier alpha value is -1.65. The van der Waals surface area contributed by atoms with Gasteiger partial charge >= 0.3 is 0 Å². The van der Waals surface area contributed by atoms with Gasteiger partial charge in [-0.2, -0.15) is 0 Å². The van der Waals surface area contributed by atoms with Crippen LogP contribution in [0.25, 0.3) is 0 Å². The molecule has 1 N–H and O–H groups in total. The third kappa shape index (κ3) is 2.72. The van der Waals surface area contributed by atoms with Gasteiger partial charge < -0.3 is 9.84 Å². The van der Waals surface area contributed by atoms with E-state index in [0.717, 1.165) is 0 Å². The highest BCUT2D eigenvalue weighted by atomic mass is 35.5. The molecule has 0 saturated carbocycles. The van der Waals surface area contributed by atoms with Crippen molar-refractivity contribution in [1.82, 2.24) is 4.98 Å². The van der Waals surface area contributed by atoms with Crippen LogP contribution in [0, 0.1) is 5.82 Å². The Morgan fingerprint density at radius 3 is 2.76 bits per heavy atom. The van der Waals surface area contributed by atoms with Crippen LogP contribution in [0.15, 0.2) is 36.4 Å². The molecule has 0 saturated heterocycles. The van der Waals surface area contributed by atoms with Crippen molar-refractivity contribution in [2.24, 2.45) is 0 Å². The van der Waals surface area contributed by atoms with Gasteiger partial charge in [0.1, 0.15) is 0 Å². The fraction of sp³-hybridized carbons (Fsp3) is 0.0833. The number of benzene rings is 1. The molecule has 0 fully saturated rings. The zero-order chi connectivity index (χ0) is 12.3. The summed E-state index contributed by atoms with van der Waals surface area (Å²) in [5, 5.41) is 8.90. The molecule has 0 amide bonds. The molecule has 2 rings (SSSR count). The summed E-state index contributed by atoms with van der Waals surface area (Å²) in [5.74, 6) is -0.428. The van der Waals surface area contributed by atoms with Gasteiger partial charge in [-0.25, -0.2) is 9.37 Å². The average molecular weight is 254 g/mol. The third-order valence-electron chi connectivity index (χ3n) is 2.07. The number of aliphatic hydroxyl groups excluding tert-OH is 1. The first kappa shape index (κ1) is 11.8. The van der Waals surface area contributed by atoms with Crippen LogP contribution in [0.5, 0.6) is 11.6 Å². The summed E-state index contributed by atoms with van der Waals surface area (Å²) < 4.78 is 18.8. The van der Waals surface area contributed by atoms with Crippen LogP contribution < -0.4 is 4.74 Å². The number of pyridine rings is 1. The Morgan fingerprint density at radius 2 is 2.00 bits per heavy atom. The van der Waals surface area contributed by atoms with Crippen LogP contribution in [-0.4, -0.2) is 10.1 Å². The summed E-state index contributed by atoms with van der Waals surface area (Å²) in [5.41, 5.74) is 0.449. The predicted molar refractivity (Wildman–Crippen MR) is 61.6 cm³/mol. The topological polar surface area (TPSA) is 42.4 Å². The molecule has 88 valence electrons. The molecule has 0 radical (unpaired) electrons. The lowest BCUT2D eigenvalue weighted by molar-refractivity contribution is 0.275. The second-order valence-corrected chi connectivity index (χ2v) is 3.69. The van der Waals surface area contributed by atoms with Crippen LogP contribution in [0.3, 0.4) is 0 Å². The number of hydrogen-bond donors (Lipinski definition) is 1. The molecular weight excluding hydrogens is 245 g/mol. The predicted octanol–water partition coefficient (Wildman–Crippen LogP) is 3.16. The summed E-state index contributed by atoms with van der Waals surface area (Å²) in [6, 6.07) is 9.34. The Morgan fingerprint density at radius 1 is 1.24 bits per heavy atom. The monoisotopic (exact) mass is 253 g/mol. The van der Waals surface area contributed by atoms with Crippen LogP contribution in [0.2, 0.25) is 5.02 Å². The minimum atomic E-state index is -0.634. The van der Waals surface area contributed by atoms with Crippen molar-refractivity contribution in [3.63, 3.8) is 0 Å². The summed E-state index contributed by atoms with van der Waals surface area (Å²) in [4.78, 5) is 3.98. The molecule has 3 nitrogen and oxygen atoms in total. The number of nitrogens with zero attached hydrogens (tertiary/aromatic N) is 1. The maximum Gasteiger partial charge on any atom is 0.219 e. The second kappa shape index (κ2) is 5.12. The van der Waals surface area contributed by atoms with Gasteiger partial charge in [0.05, 0.1) is 17.3 Å². The van der Waals surface area contributed by atoms with Crippen molar-refractivity contribution >= 4 is 11.6 Å². The van der Waals surface area contributed by atoms with E-state index in [2.05, 4.69) is 4.98 Å². The molecule has 0 bridgehead atoms. The Labute approximate surface area is 102 Å². The number of aromatic nitrogens is 1. The molecule has 0 aliphatic rings. The van der Waals surface area contributed by atoms with E-state index in [1.165, 1.54) is 12.1 Å². The molecule has 1 aromatic carbocycles. The fourth-order valence-electron chi connectivity index (χ4n) is 1.28. The molecular formula is C12H9ClFNO2. The largest absolute Gasteiger partial charge is 0.436 e. The molecule has 0 unspecified atom stereocenters. The van der Waals surface area contributed by atoms with Crippen molar-refractivity contribution in [2.75, 3.05) is 0 Å². The van der Waals surface area contributed by atoms with Crippen molar-refractivity contribution in [2.45, 2.75) is 6.61 Å². The van der Waals surface area contributed by atoms with Gasteiger partial charge in [-0.3, -0.25) is 0 Å². The summed E-state index contributed by atoms with van der Waals surface area (Å²) in [6.07, 6.45) is 0. The normalized spacial score (nSPS) is 10.3. The second-order valence-electron chi connectivity index (χ2n) is 3.28. The molecule has 0 spiro atoms. The van der Waals surface area contributed by atoms with Crippen LogP contribution in [-0.2, 0) is 6.61 Å². The highest BCUT2D eigenvalue weighted by Gasteiger charge is 2.09. The van der Waals surface area contributed by atoms with Crippen molar-refractivity contribution in [3.05, 3.63) is 52.9 Å². The van der Waals surface area contributed by atoms with Gasteiger partial charge in [0, 0.05) is 6.07 Å². The van der Waals surface area contributed by atoms with Crippen molar-refractivity contribution < 1.29 is 14.2 Å². The Kier molecular flexibility index (Phi) is 3.56. The van der Waals surface area contributed by atoms with Gasteiger partial charge in [0.15, 0.2) is 11.6 Å². The maximum absolute atomic E-state index is 13.5. The van der Waals surface area contributed by atoms with E-state index >= 15 is 0 Å². The molecule has 1 heterocycles. The number of halogens is 2. The average Bonchev–Trinajstić information content (AvgIpc) is 2.35. The number of hydrogen-bond acceptors (Lipinski definition) is 3. The van der Waals surface area contributed by atoms with Gasteiger partial charge in [-0.1, -0.05) is 23.7 Å². The minimum absolute atomic E-state index is 0.0000831. The lowest BCUT2D eigenvalue weighted by atomic mass is 10.3. The van der Waals surface area contributed by atoms with Gasteiger partial charge in [0.25, 0.3) is 0 Å². The quantitative estimate of drug-likeness (QED) is 0.914. The molecule has 5 heteroatoms. The molecule has 0 aliphatic carbocycles. The lowest BCUT2D eigenvalue weighted by Gasteiger charge is -2.07. The van der Waals surface area contributed by atoms with Crippen molar-refractivity contribution in [3.8, 4) is 11.6 Å². The number of aliphatic hydroxyl groups is 1. The van der Waals surface area contributed by atoms with E-state index in [9.17, 15) is 4.39 Å². The summed E-state index contributed by atoms with van der Waals surface area (Å²) >= 11 is 5.62. The fourth-order valence-corrected chi connectivity index (χ4v) is 1.44. The van der Waals surface area contributed by atoms with E-state index in [0.29, 0.717) is 5.69 Å². The lowest BCUT2D eigenvalue weighted by Crippen LogP contribution is -1.94. The first-order valence-electron chi connectivity index (χ1n) is 4.89. The van der Waals surface area contributed by atoms with Gasteiger partial charge in [-0.15, -0.1) is 0 Å². The standard InChI is InChI=1S/C12H9ClFNO2/c13-9-4-2-5-10(12(9)14)17-11-6-1-3-8(7-16)15-11/h1-6,16H,7H2. The van der Waals surface area contributed by atoms with Crippen LogP contribution in [0.1, 0.15) is 5.69 Å². The Bertz CT molecular complexity index is 534. The number of rotatable bonds is 3. The van der Waals surface area contributed by atoms with E-state index in [4.69, 9.17) is 21.4 Å². The Balaban J connectivity index is 2.28. The summed E-state index contributed by atoms with van der Waals surface area (Å²) in [7, 11) is 0. The third-order valence-corrected chi connectivity index (χ3v) is 2.37. The minimum Gasteiger partial charge on any atom is -0.436 e. The smallest absolute Gasteiger partial charge is 0.219 e. The number of ether oxygens (including phenoxy) is 1. The maximum atomic E-state index is 13.5. The zero-order valence-electron chi connectivity index (χ0n) is 8.73. The van der Waals surface area contributed by atoms with Gasteiger partial charge in [0.2, 0.25) is 5.88 Å². The van der Waals surface area contributed by atoms with E-state index < -0.39 is 5.82 Å². The molecule has 2 aromatic rings. The van der Waals surface area contributed by atoms with E-state index in [1.807, 2.05) is 0 Å². The SMILES string of the molecule is OCc1cccc(Oc2cccc(Cl)c2F)n1. The van der Waals surface area contributed by atoms with E-state index in [1.54, 1.807) is 24.3 Å². The molecule has 0 aliphatic heterocycles. The highest BCUT2D eigenvalue weighted by molar-refractivity contribution is 6.30. The molecule has 0 atom stereocenters. The molecule has 1 aromatic heterocycles. The zero-order valence-corrected chi connectivity index (χ0v) is 9.49. The van der Waals surface area contributed by atoms with Crippen LogP contribution in [0.4, 0.5) is 4.39 Å². The first-order chi connectivity index (χ1) is 8.20. The highest BCUT2D eigenvalue weighted by Crippen LogP contribution is 2.27. The van der Waals surface area contributed by atoms with Crippen molar-refractivity contribution in [1.29, 1.82) is 0 Å². The van der Waals surface area contributed by atoms with E-state index in [-0.39, 0.29) is 23.3 Å². The summed E-state index contributed by atoms with van der Waals surface area (Å²) in [6.45, 7) is -0.199. The van der Waals surface area contributed by atoms with Gasteiger partial charge in [-0.05, 0) is 18.2 Å². The first-order valence-corrected chi connectivity index (χ1v) is 5.27. The van der Waals surface area contributed by atoms with Crippen LogP contribution >= 0.6 is 11.6 Å².